The molecule has 1 aromatic heterocycles. The summed E-state index contributed by atoms with van der Waals surface area (Å²) in [5, 5.41) is 0. The Morgan fingerprint density at radius 3 is 2.76 bits per heavy atom. The number of H-pyrrole nitrogens is 1. The SMILES string of the molecule is C#Cc1cnc(C(=O)Cc2ccc(CCS(=O)(=O)N3CCOCC3)cc2C2=CCCCC2)[nH]1. The molecule has 0 radical (unpaired) electrons. The first-order valence-electron chi connectivity index (χ1n) is 11.4. The third kappa shape index (κ3) is 5.80. The third-order valence-corrected chi connectivity index (χ3v) is 8.04. The monoisotopic (exact) mass is 467 g/mol. The molecule has 1 N–H and O–H groups in total. The fourth-order valence-electron chi connectivity index (χ4n) is 4.31. The van der Waals surface area contributed by atoms with Crippen molar-refractivity contribution in [3.8, 4) is 12.3 Å². The van der Waals surface area contributed by atoms with Gasteiger partial charge in [0.05, 0.1) is 25.2 Å². The lowest BCUT2D eigenvalue weighted by molar-refractivity contribution is 0.0730. The Bertz CT molecular complexity index is 1180. The van der Waals surface area contributed by atoms with Crippen molar-refractivity contribution in [3.63, 3.8) is 0 Å². The van der Waals surface area contributed by atoms with Crippen molar-refractivity contribution >= 4 is 21.4 Å². The van der Waals surface area contributed by atoms with E-state index in [9.17, 15) is 13.2 Å². The zero-order valence-electron chi connectivity index (χ0n) is 18.7. The van der Waals surface area contributed by atoms with E-state index in [1.165, 1.54) is 16.1 Å². The van der Waals surface area contributed by atoms with E-state index in [4.69, 9.17) is 11.2 Å². The van der Waals surface area contributed by atoms with Gasteiger partial charge in [-0.2, -0.15) is 4.31 Å². The maximum Gasteiger partial charge on any atom is 0.214 e. The molecule has 0 unspecified atom stereocenters. The zero-order chi connectivity index (χ0) is 23.3. The number of aromatic amines is 1. The molecule has 2 aliphatic rings. The van der Waals surface area contributed by atoms with Gasteiger partial charge < -0.3 is 9.72 Å². The highest BCUT2D eigenvalue weighted by Crippen LogP contribution is 2.31. The summed E-state index contributed by atoms with van der Waals surface area (Å²) in [6.45, 7) is 1.71. The molecule has 0 spiro atoms. The first kappa shape index (κ1) is 23.4. The number of carbonyl (C=O) groups is 1. The van der Waals surface area contributed by atoms with E-state index in [1.807, 2.05) is 12.1 Å². The molecule has 4 rings (SSSR count). The number of imidazole rings is 1. The van der Waals surface area contributed by atoms with E-state index < -0.39 is 10.0 Å². The Morgan fingerprint density at radius 2 is 2.06 bits per heavy atom. The van der Waals surface area contributed by atoms with Crippen molar-refractivity contribution in [2.24, 2.45) is 0 Å². The molecule has 0 atom stereocenters. The van der Waals surface area contributed by atoms with Crippen LogP contribution in [0.1, 0.15) is 58.7 Å². The number of aromatic nitrogens is 2. The lowest BCUT2D eigenvalue weighted by Gasteiger charge is -2.26. The van der Waals surface area contributed by atoms with E-state index in [0.29, 0.717) is 38.4 Å². The van der Waals surface area contributed by atoms with Gasteiger partial charge in [0.15, 0.2) is 5.82 Å². The van der Waals surface area contributed by atoms with Crippen LogP contribution in [-0.4, -0.2) is 60.5 Å². The number of terminal acetylenes is 1. The fraction of sp³-hybridized carbons (Fsp3) is 0.440. The predicted octanol–water partition coefficient (Wildman–Crippen LogP) is 2.98. The van der Waals surface area contributed by atoms with Gasteiger partial charge in [-0.15, -0.1) is 6.42 Å². The first-order chi connectivity index (χ1) is 16.0. The van der Waals surface area contributed by atoms with Gasteiger partial charge in [-0.1, -0.05) is 30.2 Å². The number of morpholine rings is 1. The summed E-state index contributed by atoms with van der Waals surface area (Å²) >= 11 is 0. The standard InChI is InChI=1S/C25H29N3O4S/c1-2-22-18-26-25(27-22)24(29)17-21-9-8-19(16-23(21)20-6-4-3-5-7-20)10-15-33(30,31)28-11-13-32-14-12-28/h1,6,8-9,16,18H,3-5,7,10-15,17H2,(H,26,27). The number of hydrogen-bond donors (Lipinski definition) is 1. The molecule has 1 saturated heterocycles. The van der Waals surface area contributed by atoms with Gasteiger partial charge in [0.1, 0.15) is 5.69 Å². The van der Waals surface area contributed by atoms with Gasteiger partial charge in [0.25, 0.3) is 0 Å². The average Bonchev–Trinajstić information content (AvgIpc) is 3.34. The van der Waals surface area contributed by atoms with Crippen molar-refractivity contribution in [1.29, 1.82) is 0 Å². The van der Waals surface area contributed by atoms with Gasteiger partial charge in [-0.05, 0) is 54.4 Å². The summed E-state index contributed by atoms with van der Waals surface area (Å²) in [5.74, 6) is 2.64. The largest absolute Gasteiger partial charge is 0.379 e. The van der Waals surface area contributed by atoms with Crippen LogP contribution in [-0.2, 0) is 27.6 Å². The second-order valence-electron chi connectivity index (χ2n) is 8.43. The molecule has 1 aliphatic heterocycles. The van der Waals surface area contributed by atoms with E-state index in [2.05, 4.69) is 28.0 Å². The lowest BCUT2D eigenvalue weighted by atomic mass is 9.88. The number of aryl methyl sites for hydroxylation is 1. The molecular weight excluding hydrogens is 438 g/mol. The predicted molar refractivity (Wildman–Crippen MR) is 127 cm³/mol. The number of rotatable bonds is 8. The second kappa shape index (κ2) is 10.5. The summed E-state index contributed by atoms with van der Waals surface area (Å²) < 4.78 is 32.2. The Hall–Kier alpha value is -2.73. The first-order valence-corrected chi connectivity index (χ1v) is 13.0. The highest BCUT2D eigenvalue weighted by molar-refractivity contribution is 7.89. The normalized spacial score (nSPS) is 17.4. The van der Waals surface area contributed by atoms with Gasteiger partial charge in [-0.3, -0.25) is 4.79 Å². The topological polar surface area (TPSA) is 92.4 Å². The minimum atomic E-state index is -3.33. The van der Waals surface area contributed by atoms with Crippen molar-refractivity contribution in [3.05, 3.63) is 58.7 Å². The molecule has 1 fully saturated rings. The molecule has 1 aromatic carbocycles. The molecule has 0 amide bonds. The maximum absolute atomic E-state index is 12.8. The minimum absolute atomic E-state index is 0.0605. The highest BCUT2D eigenvalue weighted by atomic mass is 32.2. The van der Waals surface area contributed by atoms with E-state index in [-0.39, 0.29) is 23.8 Å². The van der Waals surface area contributed by atoms with E-state index >= 15 is 0 Å². The van der Waals surface area contributed by atoms with Crippen LogP contribution in [0.3, 0.4) is 0 Å². The number of carbonyl (C=O) groups excluding carboxylic acids is 1. The summed E-state index contributed by atoms with van der Waals surface area (Å²) in [6, 6.07) is 5.94. The Balaban J connectivity index is 1.54. The van der Waals surface area contributed by atoms with Gasteiger partial charge in [-0.25, -0.2) is 13.4 Å². The van der Waals surface area contributed by atoms with Crippen LogP contribution in [0.5, 0.6) is 0 Å². The van der Waals surface area contributed by atoms with Crippen LogP contribution in [0.2, 0.25) is 0 Å². The fourth-order valence-corrected chi connectivity index (χ4v) is 5.77. The molecule has 2 aromatic rings. The van der Waals surface area contributed by atoms with E-state index in [1.54, 1.807) is 0 Å². The number of sulfonamides is 1. The summed E-state index contributed by atoms with van der Waals surface area (Å²) in [4.78, 5) is 19.8. The number of allylic oxidation sites excluding steroid dienone is 2. The van der Waals surface area contributed by atoms with Crippen molar-refractivity contribution < 1.29 is 17.9 Å². The number of hydrogen-bond acceptors (Lipinski definition) is 5. The number of nitrogens with one attached hydrogen (secondary N) is 1. The number of ether oxygens (including phenoxy) is 1. The number of Topliss-reactive ketones (excluding diaryl/α,β-unsaturated/α-hetero) is 1. The molecule has 1 aliphatic carbocycles. The molecule has 0 saturated carbocycles. The summed E-state index contributed by atoms with van der Waals surface area (Å²) in [6.07, 6.45) is 14.0. The zero-order valence-corrected chi connectivity index (χ0v) is 19.5. The van der Waals surface area contributed by atoms with Crippen LogP contribution >= 0.6 is 0 Å². The molecule has 7 nitrogen and oxygen atoms in total. The van der Waals surface area contributed by atoms with Crippen molar-refractivity contribution in [2.45, 2.75) is 38.5 Å². The Morgan fingerprint density at radius 1 is 1.24 bits per heavy atom. The number of ketones is 1. The lowest BCUT2D eigenvalue weighted by Crippen LogP contribution is -2.42. The quantitative estimate of drug-likeness (QED) is 0.476. The molecular formula is C25H29N3O4S. The van der Waals surface area contributed by atoms with Gasteiger partial charge >= 0.3 is 0 Å². The minimum Gasteiger partial charge on any atom is -0.379 e. The molecule has 8 heteroatoms. The Labute approximate surface area is 195 Å². The van der Waals surface area contributed by atoms with Crippen LogP contribution in [0.25, 0.3) is 5.57 Å². The Kier molecular flexibility index (Phi) is 7.43. The van der Waals surface area contributed by atoms with Crippen molar-refractivity contribution in [1.82, 2.24) is 14.3 Å². The van der Waals surface area contributed by atoms with Crippen LogP contribution in [0.4, 0.5) is 0 Å². The molecule has 0 bridgehead atoms. The smallest absolute Gasteiger partial charge is 0.214 e. The van der Waals surface area contributed by atoms with Crippen LogP contribution in [0.15, 0.2) is 30.5 Å². The van der Waals surface area contributed by atoms with Crippen LogP contribution in [0, 0.1) is 12.3 Å². The highest BCUT2D eigenvalue weighted by Gasteiger charge is 2.24. The van der Waals surface area contributed by atoms with E-state index in [0.717, 1.165) is 42.4 Å². The van der Waals surface area contributed by atoms with Crippen molar-refractivity contribution in [2.75, 3.05) is 32.1 Å². The number of benzene rings is 1. The number of nitrogens with zero attached hydrogens (tertiary/aromatic N) is 2. The molecule has 33 heavy (non-hydrogen) atoms. The third-order valence-electron chi connectivity index (χ3n) is 6.17. The second-order valence-corrected chi connectivity index (χ2v) is 10.5. The average molecular weight is 468 g/mol. The maximum atomic E-state index is 12.8. The summed E-state index contributed by atoms with van der Waals surface area (Å²) in [5.41, 5.74) is 4.62. The van der Waals surface area contributed by atoms with Gasteiger partial charge in [0.2, 0.25) is 15.8 Å². The van der Waals surface area contributed by atoms with Crippen LogP contribution < -0.4 is 0 Å². The molecule has 174 valence electrons. The summed E-state index contributed by atoms with van der Waals surface area (Å²) in [7, 11) is -3.33. The van der Waals surface area contributed by atoms with Gasteiger partial charge in [0, 0.05) is 19.5 Å². The molecule has 2 heterocycles.